The van der Waals surface area contributed by atoms with E-state index < -0.39 is 16.1 Å². The molecule has 158 valence electrons. The molecule has 0 aromatic carbocycles. The van der Waals surface area contributed by atoms with E-state index in [2.05, 4.69) is 15.1 Å². The van der Waals surface area contributed by atoms with E-state index in [-0.39, 0.29) is 45.7 Å². The number of hydrogen-bond donors (Lipinski definition) is 1. The minimum atomic E-state index is -4.23. The number of rotatable bonds is 3. The molecule has 11 heteroatoms. The number of aromatic nitrogens is 3. The fourth-order valence-corrected chi connectivity index (χ4v) is 6.01. The molecule has 1 N–H and O–H groups in total. The number of nitrogens with one attached hydrogen (secondary N) is 1. The smallest absolute Gasteiger partial charge is 0.477 e. The van der Waals surface area contributed by atoms with Gasteiger partial charge in [-0.15, -0.1) is 0 Å². The zero-order chi connectivity index (χ0) is 20.5. The summed E-state index contributed by atoms with van der Waals surface area (Å²) in [6.07, 6.45) is 8.90. The van der Waals surface area contributed by atoms with Gasteiger partial charge in [0.15, 0.2) is 10.9 Å². The van der Waals surface area contributed by atoms with Crippen LogP contribution in [-0.2, 0) is 41.2 Å². The van der Waals surface area contributed by atoms with Gasteiger partial charge < -0.3 is 14.8 Å². The quantitative estimate of drug-likeness (QED) is 0.648. The van der Waals surface area contributed by atoms with E-state index in [4.69, 9.17) is 9.72 Å². The summed E-state index contributed by atoms with van der Waals surface area (Å²) in [5, 5.41) is 6.86. The summed E-state index contributed by atoms with van der Waals surface area (Å²) in [7, 11) is -4.23. The number of nitrogens with zero attached hydrogens (tertiary/aromatic N) is 4. The molecule has 31 heavy (non-hydrogen) atoms. The number of ether oxygens (including phenoxy) is 1. The van der Waals surface area contributed by atoms with Gasteiger partial charge in [-0.25, -0.2) is 13.1 Å². The Balaban J connectivity index is 0.00000204. The molecule has 1 spiro atoms. The van der Waals surface area contributed by atoms with Crippen molar-refractivity contribution in [1.29, 1.82) is 0 Å². The Morgan fingerprint density at radius 1 is 1.16 bits per heavy atom. The molecule has 3 aliphatic carbocycles. The van der Waals surface area contributed by atoms with Crippen molar-refractivity contribution in [2.45, 2.75) is 68.2 Å². The Labute approximate surface area is 202 Å². The molecular formula is C20H22N5NaO4S. The first kappa shape index (κ1) is 21.2. The zero-order valence-corrected chi connectivity index (χ0v) is 20.3. The Morgan fingerprint density at radius 3 is 2.81 bits per heavy atom. The predicted octanol–water partition coefficient (Wildman–Crippen LogP) is -0.174. The third-order valence-corrected chi connectivity index (χ3v) is 8.00. The Bertz CT molecular complexity index is 1190. The van der Waals surface area contributed by atoms with Crippen LogP contribution in [0.5, 0.6) is 5.88 Å². The van der Waals surface area contributed by atoms with E-state index in [0.717, 1.165) is 79.6 Å². The maximum absolute atomic E-state index is 12.8. The van der Waals surface area contributed by atoms with Crippen LogP contribution < -0.4 is 39.6 Å². The van der Waals surface area contributed by atoms with E-state index >= 15 is 0 Å². The number of sulfonamides is 1. The number of carbonyl (C=O) groups is 1. The number of urea groups is 1. The molecule has 0 bridgehead atoms. The molecule has 2 amide bonds. The van der Waals surface area contributed by atoms with Crippen molar-refractivity contribution >= 4 is 21.7 Å². The van der Waals surface area contributed by atoms with Crippen LogP contribution in [0.1, 0.15) is 54.6 Å². The van der Waals surface area contributed by atoms with Crippen LogP contribution in [0.4, 0.5) is 10.5 Å². The van der Waals surface area contributed by atoms with Crippen molar-refractivity contribution in [2.24, 2.45) is 0 Å². The summed E-state index contributed by atoms with van der Waals surface area (Å²) in [5.74, 6) is 0.152. The third kappa shape index (κ3) is 3.39. The molecule has 0 radical (unpaired) electrons. The minimum Gasteiger partial charge on any atom is -0.477 e. The molecule has 1 aliphatic heterocycles. The predicted molar refractivity (Wildman–Crippen MR) is 107 cm³/mol. The molecule has 2 aromatic rings. The van der Waals surface area contributed by atoms with Crippen LogP contribution >= 0.6 is 0 Å². The summed E-state index contributed by atoms with van der Waals surface area (Å²) in [4.78, 5) is 17.5. The van der Waals surface area contributed by atoms with Crippen LogP contribution in [-0.4, -0.2) is 35.8 Å². The fraction of sp³-hybridized carbons (Fsp3) is 0.550. The van der Waals surface area contributed by atoms with Crippen molar-refractivity contribution in [3.05, 3.63) is 33.4 Å². The van der Waals surface area contributed by atoms with Gasteiger partial charge in [0.1, 0.15) is 0 Å². The van der Waals surface area contributed by atoms with Crippen LogP contribution in [0.25, 0.3) is 4.72 Å². The van der Waals surface area contributed by atoms with Crippen molar-refractivity contribution in [1.82, 2.24) is 14.8 Å². The molecule has 4 aliphatic rings. The van der Waals surface area contributed by atoms with Gasteiger partial charge in [-0.3, -0.25) is 9.78 Å². The number of amides is 2. The second-order valence-corrected chi connectivity index (χ2v) is 10.2. The van der Waals surface area contributed by atoms with Gasteiger partial charge in [-0.2, -0.15) is 5.10 Å². The Morgan fingerprint density at radius 2 is 2.00 bits per heavy atom. The Kier molecular flexibility index (Phi) is 5.12. The first-order valence-corrected chi connectivity index (χ1v) is 11.9. The van der Waals surface area contributed by atoms with Gasteiger partial charge in [0.2, 0.25) is 15.9 Å². The van der Waals surface area contributed by atoms with Crippen molar-refractivity contribution in [3.63, 3.8) is 0 Å². The second kappa shape index (κ2) is 7.47. The van der Waals surface area contributed by atoms with Crippen LogP contribution in [0.2, 0.25) is 0 Å². The van der Waals surface area contributed by atoms with Gasteiger partial charge in [-0.05, 0) is 61.8 Å². The van der Waals surface area contributed by atoms with E-state index in [0.29, 0.717) is 13.2 Å². The average molecular weight is 451 g/mol. The van der Waals surface area contributed by atoms with Crippen molar-refractivity contribution in [2.75, 3.05) is 11.9 Å². The second-order valence-electron chi connectivity index (χ2n) is 8.61. The van der Waals surface area contributed by atoms with Gasteiger partial charge in [0.05, 0.1) is 18.5 Å². The first-order chi connectivity index (χ1) is 14.5. The van der Waals surface area contributed by atoms with Crippen LogP contribution in [0.15, 0.2) is 11.1 Å². The van der Waals surface area contributed by atoms with Gasteiger partial charge >= 0.3 is 29.6 Å². The number of fused-ring (bicyclic) bond motifs is 4. The molecule has 0 atom stereocenters. The molecule has 1 saturated carbocycles. The molecular weight excluding hydrogens is 429 g/mol. The topological polar surface area (TPSA) is 117 Å². The summed E-state index contributed by atoms with van der Waals surface area (Å²) < 4.78 is 36.0. The molecule has 3 heterocycles. The molecule has 2 aromatic heterocycles. The van der Waals surface area contributed by atoms with Crippen molar-refractivity contribution in [3.8, 4) is 5.88 Å². The van der Waals surface area contributed by atoms with E-state index in [1.54, 1.807) is 0 Å². The molecule has 0 saturated heterocycles. The van der Waals surface area contributed by atoms with Gasteiger partial charge in [-0.1, -0.05) is 0 Å². The standard InChI is InChI=1S/C20H23N5O4S.Na/c26-19(24-30(27,28)15-11-21-25-9-2-10-29-18(15)25)23-16-12-3-1-4-14(12)22-17-13(16)5-6-20(17)7-8-20;/h11H,1-10H2,(H2,22,23,24,26);/q;+1/p-1. The van der Waals surface area contributed by atoms with E-state index in [9.17, 15) is 13.2 Å². The normalized spacial score (nSPS) is 19.6. The number of anilines is 1. The number of carbonyl (C=O) groups excluding carboxylic acids is 1. The largest absolute Gasteiger partial charge is 1.00 e. The maximum Gasteiger partial charge on any atom is 1.00 e. The summed E-state index contributed by atoms with van der Waals surface area (Å²) in [6.45, 7) is 0.992. The zero-order valence-electron chi connectivity index (χ0n) is 17.5. The molecule has 1 fully saturated rings. The van der Waals surface area contributed by atoms with E-state index in [1.165, 1.54) is 10.9 Å². The average Bonchev–Trinajstić information content (AvgIpc) is 3.06. The molecule has 9 nitrogen and oxygen atoms in total. The summed E-state index contributed by atoms with van der Waals surface area (Å²) in [5.41, 5.74) is 5.19. The number of aryl methyl sites for hydroxylation is 2. The molecule has 0 unspecified atom stereocenters. The summed E-state index contributed by atoms with van der Waals surface area (Å²) >= 11 is 0. The monoisotopic (exact) mass is 451 g/mol. The SMILES string of the molecule is O=C([N-]S(=O)(=O)c1cnn2c1OCCC2)Nc1c2c(nc3c1CCC31CC1)CCC2.[Na+]. The fourth-order valence-electron chi connectivity index (χ4n) is 5.09. The summed E-state index contributed by atoms with van der Waals surface area (Å²) in [6, 6.07) is -0.884. The first-order valence-electron chi connectivity index (χ1n) is 10.5. The Hall–Kier alpha value is -1.62. The van der Waals surface area contributed by atoms with Gasteiger partial charge in [0, 0.05) is 24.1 Å². The van der Waals surface area contributed by atoms with E-state index in [1.807, 2.05) is 0 Å². The van der Waals surface area contributed by atoms with Crippen LogP contribution in [0, 0.1) is 0 Å². The third-order valence-electron chi connectivity index (χ3n) is 6.76. The maximum atomic E-state index is 12.8. The molecule has 6 rings (SSSR count). The number of hydrogen-bond acceptors (Lipinski definition) is 6. The minimum absolute atomic E-state index is 0. The van der Waals surface area contributed by atoms with Gasteiger partial charge in [0.25, 0.3) is 0 Å². The van der Waals surface area contributed by atoms with Crippen LogP contribution in [0.3, 0.4) is 0 Å². The van der Waals surface area contributed by atoms with Crippen molar-refractivity contribution < 1.29 is 47.5 Å². The number of pyridine rings is 1.